The van der Waals surface area contributed by atoms with Crippen molar-refractivity contribution in [3.05, 3.63) is 11.1 Å². The highest BCUT2D eigenvalue weighted by Crippen LogP contribution is 2.22. The summed E-state index contributed by atoms with van der Waals surface area (Å²) in [6, 6.07) is 0. The standard InChI is InChI=1S/C11H16N2O4S2/c1-17-4-2-3-12-9(14)7-19-11-13-8(6-18-11)5-10(15)16/h6H,2-5,7H2,1H3,(H,12,14)(H,15,16). The number of carboxylic acid groups (broad SMARTS) is 1. The van der Waals surface area contributed by atoms with Crippen LogP contribution in [0.15, 0.2) is 9.72 Å². The third-order valence-electron chi connectivity index (χ3n) is 2.04. The number of hydrogen-bond acceptors (Lipinski definition) is 6. The molecule has 0 fully saturated rings. The first kappa shape index (κ1) is 15.9. The van der Waals surface area contributed by atoms with E-state index in [4.69, 9.17) is 9.84 Å². The van der Waals surface area contributed by atoms with Gasteiger partial charge in [0.2, 0.25) is 5.91 Å². The first-order chi connectivity index (χ1) is 9.11. The molecule has 0 spiro atoms. The molecule has 0 aromatic carbocycles. The molecule has 1 aromatic heterocycles. The second kappa shape index (κ2) is 8.89. The Balaban J connectivity index is 2.22. The molecule has 0 saturated heterocycles. The van der Waals surface area contributed by atoms with E-state index in [-0.39, 0.29) is 18.1 Å². The van der Waals surface area contributed by atoms with E-state index >= 15 is 0 Å². The molecular formula is C11H16N2O4S2. The van der Waals surface area contributed by atoms with Gasteiger partial charge in [0.25, 0.3) is 0 Å². The second-order valence-electron chi connectivity index (χ2n) is 3.66. The van der Waals surface area contributed by atoms with Crippen molar-refractivity contribution in [3.8, 4) is 0 Å². The number of thioether (sulfide) groups is 1. The fraction of sp³-hybridized carbons (Fsp3) is 0.545. The lowest BCUT2D eigenvalue weighted by atomic mass is 10.3. The topological polar surface area (TPSA) is 88.5 Å². The van der Waals surface area contributed by atoms with Gasteiger partial charge in [0.1, 0.15) is 0 Å². The third-order valence-corrected chi connectivity index (χ3v) is 4.11. The molecule has 0 radical (unpaired) electrons. The summed E-state index contributed by atoms with van der Waals surface area (Å²) in [4.78, 5) is 26.1. The predicted octanol–water partition coefficient (Wildman–Crippen LogP) is 1.01. The Bertz CT molecular complexity index is 423. The Kier molecular flexibility index (Phi) is 7.46. The molecule has 6 nitrogen and oxygen atoms in total. The van der Waals surface area contributed by atoms with Gasteiger partial charge in [0, 0.05) is 25.6 Å². The number of nitrogens with one attached hydrogen (secondary N) is 1. The minimum Gasteiger partial charge on any atom is -0.481 e. The molecule has 19 heavy (non-hydrogen) atoms. The quantitative estimate of drug-likeness (QED) is 0.523. The zero-order chi connectivity index (χ0) is 14.1. The van der Waals surface area contributed by atoms with Crippen molar-refractivity contribution in [2.45, 2.75) is 17.2 Å². The number of methoxy groups -OCH3 is 1. The molecule has 1 amide bonds. The second-order valence-corrected chi connectivity index (χ2v) is 5.74. The molecular weight excluding hydrogens is 288 g/mol. The number of aliphatic carboxylic acids is 1. The molecule has 0 aliphatic heterocycles. The van der Waals surface area contributed by atoms with Crippen molar-refractivity contribution in [1.29, 1.82) is 0 Å². The van der Waals surface area contributed by atoms with Crippen LogP contribution in [0.5, 0.6) is 0 Å². The van der Waals surface area contributed by atoms with Crippen LogP contribution < -0.4 is 5.32 Å². The van der Waals surface area contributed by atoms with E-state index in [9.17, 15) is 9.59 Å². The van der Waals surface area contributed by atoms with E-state index in [1.165, 1.54) is 23.1 Å². The number of nitrogens with zero attached hydrogens (tertiary/aromatic N) is 1. The van der Waals surface area contributed by atoms with Gasteiger partial charge in [0.15, 0.2) is 4.34 Å². The van der Waals surface area contributed by atoms with Gasteiger partial charge in [-0.1, -0.05) is 11.8 Å². The molecule has 1 rings (SSSR count). The van der Waals surface area contributed by atoms with Gasteiger partial charge < -0.3 is 15.2 Å². The van der Waals surface area contributed by atoms with Crippen molar-refractivity contribution in [2.75, 3.05) is 26.0 Å². The van der Waals surface area contributed by atoms with Crippen molar-refractivity contribution < 1.29 is 19.4 Å². The fourth-order valence-electron chi connectivity index (χ4n) is 1.21. The maximum atomic E-state index is 11.5. The van der Waals surface area contributed by atoms with E-state index in [1.807, 2.05) is 0 Å². The van der Waals surface area contributed by atoms with E-state index in [0.717, 1.165) is 6.42 Å². The monoisotopic (exact) mass is 304 g/mol. The maximum Gasteiger partial charge on any atom is 0.309 e. The van der Waals surface area contributed by atoms with Gasteiger partial charge in [-0.3, -0.25) is 9.59 Å². The molecule has 1 aromatic rings. The van der Waals surface area contributed by atoms with Gasteiger partial charge in [-0.2, -0.15) is 0 Å². The zero-order valence-electron chi connectivity index (χ0n) is 10.5. The minimum absolute atomic E-state index is 0.0592. The molecule has 0 unspecified atom stereocenters. The predicted molar refractivity (Wildman–Crippen MR) is 73.7 cm³/mol. The lowest BCUT2D eigenvalue weighted by Crippen LogP contribution is -2.26. The van der Waals surface area contributed by atoms with Gasteiger partial charge in [0.05, 0.1) is 17.9 Å². The van der Waals surface area contributed by atoms with Crippen molar-refractivity contribution in [2.24, 2.45) is 0 Å². The summed E-state index contributed by atoms with van der Waals surface area (Å²) in [5.41, 5.74) is 0.528. The summed E-state index contributed by atoms with van der Waals surface area (Å²) in [6.45, 7) is 1.22. The van der Waals surface area contributed by atoms with Gasteiger partial charge >= 0.3 is 5.97 Å². The first-order valence-electron chi connectivity index (χ1n) is 5.66. The Hall–Kier alpha value is -1.12. The Labute approximate surface area is 119 Å². The van der Waals surface area contributed by atoms with Gasteiger partial charge in [-0.25, -0.2) is 4.98 Å². The van der Waals surface area contributed by atoms with Gasteiger partial charge in [-0.15, -0.1) is 11.3 Å². The average molecular weight is 304 g/mol. The summed E-state index contributed by atoms with van der Waals surface area (Å²) < 4.78 is 5.59. The number of carbonyl (C=O) groups excluding carboxylic acids is 1. The summed E-state index contributed by atoms with van der Waals surface area (Å²) >= 11 is 2.67. The Morgan fingerprint density at radius 1 is 1.58 bits per heavy atom. The highest BCUT2D eigenvalue weighted by molar-refractivity contribution is 8.01. The molecule has 1 heterocycles. The number of carboxylic acids is 1. The van der Waals surface area contributed by atoms with Crippen LogP contribution >= 0.6 is 23.1 Å². The van der Waals surface area contributed by atoms with Crippen molar-refractivity contribution >= 4 is 35.0 Å². The molecule has 0 saturated carbocycles. The van der Waals surface area contributed by atoms with Crippen LogP contribution in [-0.2, 0) is 20.7 Å². The molecule has 8 heteroatoms. The fourth-order valence-corrected chi connectivity index (χ4v) is 2.89. The Morgan fingerprint density at radius 3 is 3.05 bits per heavy atom. The van der Waals surface area contributed by atoms with Crippen LogP contribution in [-0.4, -0.2) is 48.0 Å². The van der Waals surface area contributed by atoms with E-state index < -0.39 is 5.97 Å². The molecule has 2 N–H and O–H groups in total. The average Bonchev–Trinajstić information content (AvgIpc) is 2.79. The van der Waals surface area contributed by atoms with Crippen LogP contribution in [0.3, 0.4) is 0 Å². The zero-order valence-corrected chi connectivity index (χ0v) is 12.2. The normalized spacial score (nSPS) is 10.4. The number of hydrogen-bond donors (Lipinski definition) is 2. The lowest BCUT2D eigenvalue weighted by Gasteiger charge is -2.03. The van der Waals surface area contributed by atoms with Crippen LogP contribution in [0, 0.1) is 0 Å². The number of ether oxygens (including phenoxy) is 1. The molecule has 0 bridgehead atoms. The molecule has 0 aliphatic rings. The van der Waals surface area contributed by atoms with Gasteiger partial charge in [-0.05, 0) is 6.42 Å². The minimum atomic E-state index is -0.905. The van der Waals surface area contributed by atoms with Crippen LogP contribution in [0.4, 0.5) is 0 Å². The Morgan fingerprint density at radius 2 is 2.37 bits per heavy atom. The van der Waals surface area contributed by atoms with E-state index in [1.54, 1.807) is 12.5 Å². The molecule has 0 atom stereocenters. The highest BCUT2D eigenvalue weighted by Gasteiger charge is 2.08. The first-order valence-corrected chi connectivity index (χ1v) is 7.53. The van der Waals surface area contributed by atoms with Crippen LogP contribution in [0.2, 0.25) is 0 Å². The van der Waals surface area contributed by atoms with E-state index in [0.29, 0.717) is 23.2 Å². The smallest absolute Gasteiger partial charge is 0.309 e. The largest absolute Gasteiger partial charge is 0.481 e. The summed E-state index contributed by atoms with van der Waals surface area (Å²) in [6.07, 6.45) is 0.702. The number of aromatic nitrogens is 1. The van der Waals surface area contributed by atoms with Crippen molar-refractivity contribution in [3.63, 3.8) is 0 Å². The maximum absolute atomic E-state index is 11.5. The van der Waals surface area contributed by atoms with Crippen molar-refractivity contribution in [1.82, 2.24) is 10.3 Å². The molecule has 0 aliphatic carbocycles. The lowest BCUT2D eigenvalue weighted by molar-refractivity contribution is -0.136. The van der Waals surface area contributed by atoms with Crippen LogP contribution in [0.25, 0.3) is 0 Å². The highest BCUT2D eigenvalue weighted by atomic mass is 32.2. The van der Waals surface area contributed by atoms with Crippen LogP contribution in [0.1, 0.15) is 12.1 Å². The van der Waals surface area contributed by atoms with E-state index in [2.05, 4.69) is 10.3 Å². The number of thiazole rings is 1. The molecule has 106 valence electrons. The number of amides is 1. The SMILES string of the molecule is COCCCNC(=O)CSc1nc(CC(=O)O)cs1. The third kappa shape index (κ3) is 7.14. The number of rotatable bonds is 9. The summed E-state index contributed by atoms with van der Waals surface area (Å²) in [5.74, 6) is -0.679. The summed E-state index contributed by atoms with van der Waals surface area (Å²) in [5, 5.41) is 13.1. The number of carbonyl (C=O) groups is 2. The summed E-state index contributed by atoms with van der Waals surface area (Å²) in [7, 11) is 1.62.